The maximum atomic E-state index is 12.1. The molecule has 10 heteroatoms. The zero-order valence-electron chi connectivity index (χ0n) is 18.6. The highest BCUT2D eigenvalue weighted by atomic mass is 79.9. The van der Waals surface area contributed by atoms with Crippen LogP contribution in [-0.4, -0.2) is 78.8 Å². The van der Waals surface area contributed by atoms with E-state index < -0.39 is 5.97 Å². The van der Waals surface area contributed by atoms with E-state index in [0.717, 1.165) is 48.1 Å². The number of nitrogens with one attached hydrogen (secondary N) is 2. The Hall–Kier alpha value is -3.21. The lowest BCUT2D eigenvalue weighted by Crippen LogP contribution is -2.44. The van der Waals surface area contributed by atoms with Crippen molar-refractivity contribution in [3.05, 3.63) is 57.6 Å². The number of nitrogens with zero attached hydrogens (tertiary/aromatic N) is 3. The summed E-state index contributed by atoms with van der Waals surface area (Å²) in [5.74, 6) is -0.468. The van der Waals surface area contributed by atoms with Gasteiger partial charge in [-0.3, -0.25) is 4.90 Å². The van der Waals surface area contributed by atoms with Crippen molar-refractivity contribution in [2.75, 3.05) is 46.4 Å². The highest BCUT2D eigenvalue weighted by Crippen LogP contribution is 2.38. The van der Waals surface area contributed by atoms with E-state index in [4.69, 9.17) is 14.6 Å². The Morgan fingerprint density at radius 2 is 2.09 bits per heavy atom. The molecule has 3 aromatic rings. The highest BCUT2D eigenvalue weighted by Gasteiger charge is 2.30. The number of ether oxygens (including phenoxy) is 1. The Morgan fingerprint density at radius 1 is 1.26 bits per heavy atom. The molecule has 0 aliphatic carbocycles. The van der Waals surface area contributed by atoms with E-state index in [1.165, 1.54) is 7.11 Å². The van der Waals surface area contributed by atoms with Crippen LogP contribution in [0.5, 0.6) is 5.88 Å². The summed E-state index contributed by atoms with van der Waals surface area (Å²) in [5, 5.41) is 19.4. The Morgan fingerprint density at radius 3 is 2.88 bits per heavy atom. The minimum Gasteiger partial charge on any atom is -0.494 e. The molecule has 2 aliphatic rings. The summed E-state index contributed by atoms with van der Waals surface area (Å²) in [7, 11) is 1.34. The first-order valence-corrected chi connectivity index (χ1v) is 11.8. The van der Waals surface area contributed by atoms with E-state index in [-0.39, 0.29) is 5.88 Å². The van der Waals surface area contributed by atoms with Crippen LogP contribution in [0.1, 0.15) is 21.5 Å². The van der Waals surface area contributed by atoms with Gasteiger partial charge in [-0.25, -0.2) is 9.79 Å². The quantitative estimate of drug-likeness (QED) is 0.259. The maximum absolute atomic E-state index is 12.1. The minimum absolute atomic E-state index is 0.0184. The van der Waals surface area contributed by atoms with E-state index in [2.05, 4.69) is 36.3 Å². The van der Waals surface area contributed by atoms with Crippen molar-refractivity contribution in [3.63, 3.8) is 0 Å². The maximum Gasteiger partial charge on any atom is 0.337 e. The normalized spacial score (nSPS) is 17.1. The van der Waals surface area contributed by atoms with Crippen LogP contribution >= 0.6 is 15.9 Å². The third-order valence-corrected chi connectivity index (χ3v) is 6.65. The minimum atomic E-state index is -0.450. The lowest BCUT2D eigenvalue weighted by atomic mass is 9.99. The molecule has 1 fully saturated rings. The van der Waals surface area contributed by atoms with Crippen molar-refractivity contribution in [1.29, 1.82) is 0 Å². The molecule has 0 bridgehead atoms. The van der Waals surface area contributed by atoms with E-state index in [1.54, 1.807) is 18.2 Å². The van der Waals surface area contributed by atoms with Crippen molar-refractivity contribution in [3.8, 4) is 5.88 Å². The van der Waals surface area contributed by atoms with Crippen LogP contribution in [-0.2, 0) is 9.57 Å². The largest absolute Gasteiger partial charge is 0.494 e. The van der Waals surface area contributed by atoms with Crippen LogP contribution in [0, 0.1) is 0 Å². The fourth-order valence-electron chi connectivity index (χ4n) is 4.26. The lowest BCUT2D eigenvalue weighted by molar-refractivity contribution is 0.0600. The summed E-state index contributed by atoms with van der Waals surface area (Å²) in [5.41, 5.74) is 3.87. The average molecular weight is 526 g/mol. The second-order valence-corrected chi connectivity index (χ2v) is 8.91. The summed E-state index contributed by atoms with van der Waals surface area (Å²) in [6.07, 6.45) is 0. The number of methoxy groups -OCH3 is 1. The smallest absolute Gasteiger partial charge is 0.337 e. The lowest BCUT2D eigenvalue weighted by Gasteiger charge is -2.26. The first kappa shape index (κ1) is 22.6. The van der Waals surface area contributed by atoms with Crippen LogP contribution in [0.15, 0.2) is 51.0 Å². The average Bonchev–Trinajstić information content (AvgIpc) is 3.38. The van der Waals surface area contributed by atoms with Gasteiger partial charge in [-0.1, -0.05) is 17.3 Å². The monoisotopic (exact) mass is 525 g/mol. The molecule has 1 aromatic heterocycles. The Bertz CT molecular complexity index is 1310. The number of hydrogen-bond donors (Lipinski definition) is 3. The summed E-state index contributed by atoms with van der Waals surface area (Å²) < 4.78 is 5.70. The number of piperazine rings is 1. The van der Waals surface area contributed by atoms with Crippen molar-refractivity contribution >= 4 is 49.9 Å². The second-order valence-electron chi connectivity index (χ2n) is 8.06. The summed E-state index contributed by atoms with van der Waals surface area (Å²) in [4.78, 5) is 28.0. The van der Waals surface area contributed by atoms with Gasteiger partial charge in [-0.05, 0) is 40.2 Å². The number of rotatable bonds is 6. The van der Waals surface area contributed by atoms with Gasteiger partial charge in [0.05, 0.1) is 29.4 Å². The molecule has 5 rings (SSSR count). The zero-order chi connectivity index (χ0) is 23.7. The molecule has 3 N–H and O–H groups in total. The van der Waals surface area contributed by atoms with E-state index >= 15 is 0 Å². The molecule has 176 valence electrons. The Labute approximate surface area is 204 Å². The predicted octanol–water partition coefficient (Wildman–Crippen LogP) is 3.18. The number of fused-ring (bicyclic) bond motifs is 2. The number of H-pyrrole nitrogens is 1. The van der Waals surface area contributed by atoms with Gasteiger partial charge >= 0.3 is 5.97 Å². The molecule has 0 saturated carbocycles. The van der Waals surface area contributed by atoms with Gasteiger partial charge in [-0.15, -0.1) is 0 Å². The molecule has 2 aromatic carbocycles. The van der Waals surface area contributed by atoms with Crippen molar-refractivity contribution < 1.29 is 19.5 Å². The van der Waals surface area contributed by atoms with E-state index in [9.17, 15) is 9.90 Å². The molecule has 0 atom stereocenters. The Kier molecular flexibility index (Phi) is 6.36. The predicted molar refractivity (Wildman–Crippen MR) is 133 cm³/mol. The Balaban J connectivity index is 1.51. The number of benzene rings is 2. The molecule has 0 radical (unpaired) electrons. The van der Waals surface area contributed by atoms with Gasteiger partial charge in [0.15, 0.2) is 5.88 Å². The third kappa shape index (κ3) is 4.20. The van der Waals surface area contributed by atoms with Crippen LogP contribution in [0.25, 0.3) is 10.9 Å². The molecule has 0 unspecified atom stereocenters. The van der Waals surface area contributed by atoms with Gasteiger partial charge in [0.2, 0.25) is 0 Å². The number of aromatic nitrogens is 1. The fraction of sp³-hybridized carbons (Fsp3) is 0.292. The van der Waals surface area contributed by atoms with Crippen molar-refractivity contribution in [1.82, 2.24) is 15.2 Å². The SMILES string of the molecule is COC(=O)c1ccc2c(c1)/C(=N\OCCN1CCNCC1)C(c1c(O)[nH]c3c(Br)cccc13)=N2. The number of aromatic hydroxyl groups is 1. The number of esters is 1. The standard InChI is InChI=1S/C24H24BrN5O4/c1-33-24(32)14-5-6-18-16(13-14)21(29-34-12-11-30-9-7-26-8-10-30)22(27-18)19-15-3-2-4-17(25)20(15)28-23(19)31/h2-6,13,26,28,31H,7-12H2,1H3/b29-21+. The number of halogens is 1. The highest BCUT2D eigenvalue weighted by molar-refractivity contribution is 9.10. The van der Waals surface area contributed by atoms with Crippen molar-refractivity contribution in [2.45, 2.75) is 0 Å². The van der Waals surface area contributed by atoms with E-state index in [1.807, 2.05) is 18.2 Å². The molecular formula is C24H24BrN5O4. The number of carbonyl (C=O) groups excluding carboxylic acids is 1. The molecule has 0 amide bonds. The molecule has 34 heavy (non-hydrogen) atoms. The topological polar surface area (TPSA) is 112 Å². The number of aromatic amines is 1. The molecule has 9 nitrogen and oxygen atoms in total. The summed E-state index contributed by atoms with van der Waals surface area (Å²) in [6, 6.07) is 10.8. The number of carbonyl (C=O) groups is 1. The fourth-order valence-corrected chi connectivity index (χ4v) is 4.72. The van der Waals surface area contributed by atoms with Crippen LogP contribution in [0.4, 0.5) is 5.69 Å². The first-order chi connectivity index (χ1) is 16.6. The molecule has 1 saturated heterocycles. The molecular weight excluding hydrogens is 502 g/mol. The zero-order valence-corrected chi connectivity index (χ0v) is 20.2. The van der Waals surface area contributed by atoms with E-state index in [0.29, 0.717) is 40.4 Å². The van der Waals surface area contributed by atoms with Crippen LogP contribution in [0.3, 0.4) is 0 Å². The molecule has 2 aliphatic heterocycles. The van der Waals surface area contributed by atoms with Gasteiger partial charge in [0.1, 0.15) is 18.0 Å². The van der Waals surface area contributed by atoms with Crippen LogP contribution in [0.2, 0.25) is 0 Å². The molecule has 3 heterocycles. The first-order valence-electron chi connectivity index (χ1n) is 11.0. The van der Waals surface area contributed by atoms with Gasteiger partial charge in [0.25, 0.3) is 0 Å². The van der Waals surface area contributed by atoms with Crippen molar-refractivity contribution in [2.24, 2.45) is 10.1 Å². The van der Waals surface area contributed by atoms with Gasteiger partial charge in [0, 0.05) is 48.1 Å². The van der Waals surface area contributed by atoms with Gasteiger partial charge < -0.3 is 25.0 Å². The second kappa shape index (κ2) is 9.57. The third-order valence-electron chi connectivity index (χ3n) is 5.99. The van der Waals surface area contributed by atoms with Gasteiger partial charge in [-0.2, -0.15) is 0 Å². The molecule has 0 spiro atoms. The number of aliphatic imine (C=N–C) groups is 1. The number of para-hydroxylation sites is 1. The van der Waals surface area contributed by atoms with Crippen LogP contribution < -0.4 is 5.32 Å². The summed E-state index contributed by atoms with van der Waals surface area (Å²) in [6.45, 7) is 5.03. The number of hydrogen-bond acceptors (Lipinski definition) is 8. The summed E-state index contributed by atoms with van der Waals surface area (Å²) >= 11 is 3.52. The number of oxime groups is 1.